The summed E-state index contributed by atoms with van der Waals surface area (Å²) < 4.78 is 22.0. The Labute approximate surface area is 180 Å². The highest BCUT2D eigenvalue weighted by Crippen LogP contribution is 2.27. The summed E-state index contributed by atoms with van der Waals surface area (Å²) in [6, 6.07) is 7.74. The van der Waals surface area contributed by atoms with Gasteiger partial charge in [-0.3, -0.25) is 9.59 Å². The number of ether oxygens (including phenoxy) is 4. The number of nitrogens with one attached hydrogen (secondary N) is 1. The molecule has 2 aromatic rings. The van der Waals surface area contributed by atoms with Crippen molar-refractivity contribution in [2.75, 3.05) is 0 Å². The summed E-state index contributed by atoms with van der Waals surface area (Å²) in [7, 11) is 0. The monoisotopic (exact) mass is 429 g/mol. The predicted molar refractivity (Wildman–Crippen MR) is 113 cm³/mol. The van der Waals surface area contributed by atoms with Crippen molar-refractivity contribution >= 4 is 34.9 Å². The molecule has 8 nitrogen and oxygen atoms in total. The van der Waals surface area contributed by atoms with Crippen molar-refractivity contribution in [3.05, 3.63) is 42.1 Å². The van der Waals surface area contributed by atoms with E-state index in [0.29, 0.717) is 0 Å². The Kier molecular flexibility index (Phi) is 7.46. The summed E-state index contributed by atoms with van der Waals surface area (Å²) in [6.07, 6.45) is 2.16. The molecule has 1 saturated heterocycles. The maximum atomic E-state index is 12.3. The van der Waals surface area contributed by atoms with E-state index in [9.17, 15) is 14.4 Å². The number of benzene rings is 1. The second-order valence-electron chi connectivity index (χ2n) is 7.26. The zero-order chi connectivity index (χ0) is 22.4. The number of aromatic amines is 1. The lowest BCUT2D eigenvalue weighted by Gasteiger charge is -2.38. The van der Waals surface area contributed by atoms with Crippen molar-refractivity contribution in [3.63, 3.8) is 0 Å². The standard InChI is InChI=1S/C23H27NO7/c1-4-19(25)29-18-12-22(28-14(3)23(18)31-20(26)5-2)30-21(27)11-10-15-13-24-17-9-7-6-8-16(15)17/h6-11,13-14,18,22-24H,4-5,12H2,1-3H3/b11-10+/t14-,18-,22-,23+/m0/s1. The van der Waals surface area contributed by atoms with Crippen molar-refractivity contribution in [1.29, 1.82) is 0 Å². The first-order valence-electron chi connectivity index (χ1n) is 10.4. The Morgan fingerprint density at radius 2 is 1.81 bits per heavy atom. The second-order valence-corrected chi connectivity index (χ2v) is 7.26. The molecule has 166 valence electrons. The van der Waals surface area contributed by atoms with Crippen LogP contribution in [0.1, 0.15) is 45.6 Å². The van der Waals surface area contributed by atoms with E-state index in [1.807, 2.05) is 24.3 Å². The minimum absolute atomic E-state index is 0.0738. The van der Waals surface area contributed by atoms with Crippen molar-refractivity contribution in [1.82, 2.24) is 4.98 Å². The molecule has 0 amide bonds. The van der Waals surface area contributed by atoms with E-state index in [1.54, 1.807) is 33.0 Å². The fourth-order valence-corrected chi connectivity index (χ4v) is 3.41. The predicted octanol–water partition coefficient (Wildman–Crippen LogP) is 3.50. The number of rotatable bonds is 7. The van der Waals surface area contributed by atoms with Crippen LogP contribution >= 0.6 is 0 Å². The Morgan fingerprint density at radius 3 is 2.55 bits per heavy atom. The third-order valence-corrected chi connectivity index (χ3v) is 5.02. The van der Waals surface area contributed by atoms with Gasteiger partial charge in [-0.15, -0.1) is 0 Å². The number of hydrogen-bond donors (Lipinski definition) is 1. The molecule has 1 fully saturated rings. The van der Waals surface area contributed by atoms with Gasteiger partial charge < -0.3 is 23.9 Å². The molecular formula is C23H27NO7. The molecule has 0 aliphatic carbocycles. The zero-order valence-corrected chi connectivity index (χ0v) is 17.8. The molecule has 0 saturated carbocycles. The highest BCUT2D eigenvalue weighted by atomic mass is 16.7. The van der Waals surface area contributed by atoms with Gasteiger partial charge in [-0.1, -0.05) is 32.0 Å². The van der Waals surface area contributed by atoms with Gasteiger partial charge in [0, 0.05) is 41.6 Å². The first-order chi connectivity index (χ1) is 14.9. The molecule has 0 spiro atoms. The first kappa shape index (κ1) is 22.6. The summed E-state index contributed by atoms with van der Waals surface area (Å²) in [5, 5.41) is 0.987. The Morgan fingerprint density at radius 1 is 1.10 bits per heavy atom. The van der Waals surface area contributed by atoms with Crippen LogP contribution < -0.4 is 0 Å². The van der Waals surface area contributed by atoms with Gasteiger partial charge >= 0.3 is 17.9 Å². The van der Waals surface area contributed by atoms with E-state index in [0.717, 1.165) is 16.5 Å². The number of fused-ring (bicyclic) bond motifs is 1. The van der Waals surface area contributed by atoms with Gasteiger partial charge in [0.15, 0.2) is 6.10 Å². The molecule has 4 atom stereocenters. The molecular weight excluding hydrogens is 402 g/mol. The average molecular weight is 429 g/mol. The number of aromatic nitrogens is 1. The normalized spacial score (nSPS) is 23.6. The zero-order valence-electron chi connectivity index (χ0n) is 17.8. The Balaban J connectivity index is 1.65. The van der Waals surface area contributed by atoms with Crippen LogP contribution in [0.2, 0.25) is 0 Å². The van der Waals surface area contributed by atoms with Crippen LogP contribution in [-0.2, 0) is 33.3 Å². The molecule has 1 aromatic heterocycles. The SMILES string of the molecule is CCC(=O)O[C@@H]1[C@H](C)O[C@@H](OC(=O)/C=C/c2c[nH]c3ccccc23)C[C@@H]1OC(=O)CC. The summed E-state index contributed by atoms with van der Waals surface area (Å²) in [5.74, 6) is -1.44. The van der Waals surface area contributed by atoms with Crippen LogP contribution in [0.25, 0.3) is 17.0 Å². The van der Waals surface area contributed by atoms with Gasteiger partial charge in [-0.25, -0.2) is 4.79 Å². The summed E-state index contributed by atoms with van der Waals surface area (Å²) in [6.45, 7) is 5.03. The molecule has 3 rings (SSSR count). The highest BCUT2D eigenvalue weighted by Gasteiger charge is 2.42. The number of hydrogen-bond acceptors (Lipinski definition) is 7. The second kappa shape index (κ2) is 10.3. The maximum absolute atomic E-state index is 12.3. The molecule has 0 radical (unpaired) electrons. The van der Waals surface area contributed by atoms with Gasteiger partial charge in [0.05, 0.1) is 12.5 Å². The first-order valence-corrected chi connectivity index (χ1v) is 10.4. The van der Waals surface area contributed by atoms with E-state index in [4.69, 9.17) is 18.9 Å². The lowest BCUT2D eigenvalue weighted by atomic mass is 10.0. The van der Waals surface area contributed by atoms with Crippen LogP contribution in [0.15, 0.2) is 36.5 Å². The van der Waals surface area contributed by atoms with Gasteiger partial charge in [0.2, 0.25) is 6.29 Å². The van der Waals surface area contributed by atoms with Crippen LogP contribution in [-0.4, -0.2) is 47.5 Å². The van der Waals surface area contributed by atoms with Gasteiger partial charge in [0.25, 0.3) is 0 Å². The quantitative estimate of drug-likeness (QED) is 0.408. The Hall–Kier alpha value is -3.13. The topological polar surface area (TPSA) is 104 Å². The van der Waals surface area contributed by atoms with Crippen molar-refractivity contribution in [2.45, 2.75) is 64.6 Å². The van der Waals surface area contributed by atoms with Crippen LogP contribution in [0.5, 0.6) is 0 Å². The lowest BCUT2D eigenvalue weighted by molar-refractivity contribution is -0.249. The molecule has 1 aliphatic heterocycles. The van der Waals surface area contributed by atoms with Gasteiger partial charge in [0.1, 0.15) is 6.10 Å². The number of carbonyl (C=O) groups excluding carboxylic acids is 3. The minimum Gasteiger partial charge on any atom is -0.458 e. The summed E-state index contributed by atoms with van der Waals surface area (Å²) in [4.78, 5) is 39.1. The van der Waals surface area contributed by atoms with Gasteiger partial charge in [-0.05, 0) is 19.1 Å². The molecule has 2 heterocycles. The summed E-state index contributed by atoms with van der Waals surface area (Å²) >= 11 is 0. The van der Waals surface area contributed by atoms with E-state index < -0.39 is 42.5 Å². The number of H-pyrrole nitrogens is 1. The highest BCUT2D eigenvalue weighted by molar-refractivity contribution is 5.94. The minimum atomic E-state index is -0.929. The number of carbonyl (C=O) groups is 3. The molecule has 8 heteroatoms. The van der Waals surface area contributed by atoms with Crippen LogP contribution in [0.4, 0.5) is 0 Å². The summed E-state index contributed by atoms with van der Waals surface area (Å²) in [5.41, 5.74) is 1.82. The largest absolute Gasteiger partial charge is 0.458 e. The molecule has 31 heavy (non-hydrogen) atoms. The van der Waals surface area contributed by atoms with Crippen molar-refractivity contribution in [2.24, 2.45) is 0 Å². The van der Waals surface area contributed by atoms with Crippen molar-refractivity contribution in [3.8, 4) is 0 Å². The average Bonchev–Trinajstić information content (AvgIpc) is 3.17. The van der Waals surface area contributed by atoms with E-state index in [-0.39, 0.29) is 19.3 Å². The molecule has 1 N–H and O–H groups in total. The van der Waals surface area contributed by atoms with Crippen LogP contribution in [0.3, 0.4) is 0 Å². The number of esters is 3. The van der Waals surface area contributed by atoms with Crippen molar-refractivity contribution < 1.29 is 33.3 Å². The fraction of sp³-hybridized carbons (Fsp3) is 0.435. The number of para-hydroxylation sites is 1. The third-order valence-electron chi connectivity index (χ3n) is 5.02. The lowest BCUT2D eigenvalue weighted by Crippen LogP contribution is -2.51. The van der Waals surface area contributed by atoms with E-state index >= 15 is 0 Å². The van der Waals surface area contributed by atoms with E-state index in [1.165, 1.54) is 6.08 Å². The Bertz CT molecular complexity index is 964. The maximum Gasteiger partial charge on any atom is 0.333 e. The van der Waals surface area contributed by atoms with Crippen LogP contribution in [0, 0.1) is 0 Å². The molecule has 0 unspecified atom stereocenters. The molecule has 1 aromatic carbocycles. The smallest absolute Gasteiger partial charge is 0.333 e. The molecule has 0 bridgehead atoms. The van der Waals surface area contributed by atoms with Gasteiger partial charge in [-0.2, -0.15) is 0 Å². The molecule has 1 aliphatic rings. The van der Waals surface area contributed by atoms with E-state index in [2.05, 4.69) is 4.98 Å². The third kappa shape index (κ3) is 5.73. The fourth-order valence-electron chi connectivity index (χ4n) is 3.41.